The fourth-order valence-corrected chi connectivity index (χ4v) is 3.13. The van der Waals surface area contributed by atoms with Crippen molar-refractivity contribution in [2.75, 3.05) is 26.7 Å². The molecule has 1 aliphatic heterocycles. The van der Waals surface area contributed by atoms with Gasteiger partial charge in [-0.2, -0.15) is 0 Å². The number of nitrogens with one attached hydrogen (secondary N) is 1. The molecule has 1 aromatic carbocycles. The summed E-state index contributed by atoms with van der Waals surface area (Å²) in [5.74, 6) is -0.194. The number of nitrogens with zero attached hydrogens (tertiary/aromatic N) is 1. The van der Waals surface area contributed by atoms with Gasteiger partial charge in [0.15, 0.2) is 0 Å². The van der Waals surface area contributed by atoms with Crippen molar-refractivity contribution in [3.8, 4) is 0 Å². The lowest BCUT2D eigenvalue weighted by Gasteiger charge is -2.29. The zero-order valence-corrected chi connectivity index (χ0v) is 13.8. The maximum atomic E-state index is 13.0. The molecule has 2 rings (SSSR count). The van der Waals surface area contributed by atoms with Crippen LogP contribution in [0.2, 0.25) is 0 Å². The smallest absolute Gasteiger partial charge is 0.124 e. The van der Waals surface area contributed by atoms with Crippen LogP contribution in [0.25, 0.3) is 0 Å². The largest absolute Gasteiger partial charge is 0.316 e. The van der Waals surface area contributed by atoms with E-state index in [2.05, 4.69) is 40.1 Å². The first kappa shape index (κ1) is 16.9. The second-order valence-electron chi connectivity index (χ2n) is 5.65. The predicted octanol–water partition coefficient (Wildman–Crippen LogP) is 3.44. The van der Waals surface area contributed by atoms with E-state index >= 15 is 0 Å². The van der Waals surface area contributed by atoms with Crippen molar-refractivity contribution in [3.05, 3.63) is 34.1 Å². The Labute approximate surface area is 129 Å². The monoisotopic (exact) mass is 350 g/mol. The summed E-state index contributed by atoms with van der Waals surface area (Å²) in [6, 6.07) is 4.90. The Kier molecular flexibility index (Phi) is 6.24. The molecule has 1 saturated heterocycles. The molecule has 0 spiro atoms. The van der Waals surface area contributed by atoms with Gasteiger partial charge in [0.05, 0.1) is 0 Å². The third-order valence-electron chi connectivity index (χ3n) is 3.56. The second-order valence-corrected chi connectivity index (χ2v) is 6.50. The molecule has 1 N–H and O–H groups in total. The third-order valence-corrected chi connectivity index (χ3v) is 4.30. The van der Waals surface area contributed by atoms with Crippen molar-refractivity contribution in [2.45, 2.75) is 19.9 Å². The topological polar surface area (TPSA) is 15.3 Å². The van der Waals surface area contributed by atoms with Gasteiger partial charge in [-0.05, 0) is 43.1 Å². The van der Waals surface area contributed by atoms with Crippen LogP contribution in [0.5, 0.6) is 0 Å². The van der Waals surface area contributed by atoms with Crippen LogP contribution >= 0.6 is 28.3 Å². The lowest BCUT2D eigenvalue weighted by molar-refractivity contribution is 0.203. The fourth-order valence-electron chi connectivity index (χ4n) is 2.65. The van der Waals surface area contributed by atoms with Gasteiger partial charge in [-0.15, -0.1) is 12.4 Å². The normalized spacial score (nSPS) is 22.6. The molecule has 108 valence electrons. The van der Waals surface area contributed by atoms with Gasteiger partial charge in [-0.3, -0.25) is 0 Å². The van der Waals surface area contributed by atoms with Gasteiger partial charge in [0, 0.05) is 24.1 Å². The molecular formula is C14H21BrClFN2. The van der Waals surface area contributed by atoms with Crippen LogP contribution in [0.3, 0.4) is 0 Å². The molecule has 2 nitrogen and oxygen atoms in total. The zero-order chi connectivity index (χ0) is 13.2. The maximum Gasteiger partial charge on any atom is 0.124 e. The molecule has 5 heteroatoms. The number of halogens is 3. The second kappa shape index (κ2) is 7.02. The molecule has 0 bridgehead atoms. The van der Waals surface area contributed by atoms with Crippen molar-refractivity contribution in [3.63, 3.8) is 0 Å². The Morgan fingerprint density at radius 2 is 2.21 bits per heavy atom. The van der Waals surface area contributed by atoms with Crippen LogP contribution in [0.4, 0.5) is 4.39 Å². The van der Waals surface area contributed by atoms with Crippen molar-refractivity contribution in [1.82, 2.24) is 10.2 Å². The SMILES string of the molecule is CN(Cc1ccc(F)cc1Br)CC1(C)CCNC1.Cl. The molecule has 1 unspecified atom stereocenters. The van der Waals surface area contributed by atoms with Gasteiger partial charge >= 0.3 is 0 Å². The quantitative estimate of drug-likeness (QED) is 0.894. The molecule has 0 saturated carbocycles. The van der Waals surface area contributed by atoms with Crippen LogP contribution in [-0.4, -0.2) is 31.6 Å². The summed E-state index contributed by atoms with van der Waals surface area (Å²) in [7, 11) is 2.12. The molecule has 1 aliphatic rings. The van der Waals surface area contributed by atoms with Crippen LogP contribution in [0.1, 0.15) is 18.9 Å². The Morgan fingerprint density at radius 1 is 1.47 bits per heavy atom. The average Bonchev–Trinajstić information content (AvgIpc) is 2.69. The molecule has 0 radical (unpaired) electrons. The summed E-state index contributed by atoms with van der Waals surface area (Å²) in [6.07, 6.45) is 1.22. The van der Waals surface area contributed by atoms with Gasteiger partial charge in [-0.25, -0.2) is 4.39 Å². The molecule has 0 amide bonds. The minimum Gasteiger partial charge on any atom is -0.316 e. The standard InChI is InChI=1S/C14H20BrFN2.ClH/c1-14(5-6-17-9-14)10-18(2)8-11-3-4-12(16)7-13(11)15;/h3-4,7,17H,5-6,8-10H2,1-2H3;1H. The summed E-state index contributed by atoms with van der Waals surface area (Å²) < 4.78 is 13.9. The van der Waals surface area contributed by atoms with Gasteiger partial charge in [0.1, 0.15) is 5.82 Å². The number of benzene rings is 1. The van der Waals surface area contributed by atoms with Gasteiger partial charge in [-0.1, -0.05) is 28.9 Å². The minimum absolute atomic E-state index is 0. The van der Waals surface area contributed by atoms with E-state index in [4.69, 9.17) is 0 Å². The van der Waals surface area contributed by atoms with Gasteiger partial charge < -0.3 is 10.2 Å². The summed E-state index contributed by atoms with van der Waals surface area (Å²) in [5.41, 5.74) is 1.50. The summed E-state index contributed by atoms with van der Waals surface area (Å²) in [6.45, 7) is 6.43. The molecule has 1 atom stereocenters. The summed E-state index contributed by atoms with van der Waals surface area (Å²) in [5, 5.41) is 3.42. The van der Waals surface area contributed by atoms with E-state index < -0.39 is 0 Å². The zero-order valence-electron chi connectivity index (χ0n) is 11.4. The number of hydrogen-bond acceptors (Lipinski definition) is 2. The first-order valence-corrected chi connectivity index (χ1v) is 7.11. The fraction of sp³-hybridized carbons (Fsp3) is 0.571. The lowest BCUT2D eigenvalue weighted by Crippen LogP contribution is -2.34. The molecule has 1 fully saturated rings. The predicted molar refractivity (Wildman–Crippen MR) is 83.3 cm³/mol. The highest BCUT2D eigenvalue weighted by atomic mass is 79.9. The molecule has 19 heavy (non-hydrogen) atoms. The highest BCUT2D eigenvalue weighted by Crippen LogP contribution is 2.26. The molecule has 1 heterocycles. The Hall–Kier alpha value is -0.160. The molecular weight excluding hydrogens is 331 g/mol. The van der Waals surface area contributed by atoms with E-state index in [0.29, 0.717) is 5.41 Å². The summed E-state index contributed by atoms with van der Waals surface area (Å²) >= 11 is 3.42. The van der Waals surface area contributed by atoms with Crippen LogP contribution in [0, 0.1) is 11.2 Å². The van der Waals surface area contributed by atoms with Crippen LogP contribution < -0.4 is 5.32 Å². The van der Waals surface area contributed by atoms with E-state index in [0.717, 1.165) is 36.2 Å². The Morgan fingerprint density at radius 3 is 2.79 bits per heavy atom. The average molecular weight is 352 g/mol. The van der Waals surface area contributed by atoms with Crippen molar-refractivity contribution in [1.29, 1.82) is 0 Å². The molecule has 0 aliphatic carbocycles. The molecule has 0 aromatic heterocycles. The van der Waals surface area contributed by atoms with E-state index in [1.165, 1.54) is 18.6 Å². The molecule has 1 aromatic rings. The van der Waals surface area contributed by atoms with Gasteiger partial charge in [0.2, 0.25) is 0 Å². The van der Waals surface area contributed by atoms with E-state index in [1.807, 2.05) is 6.07 Å². The third kappa shape index (κ3) is 4.71. The minimum atomic E-state index is -0.194. The van der Waals surface area contributed by atoms with Crippen molar-refractivity contribution >= 4 is 28.3 Å². The lowest BCUT2D eigenvalue weighted by atomic mass is 9.89. The van der Waals surface area contributed by atoms with E-state index in [-0.39, 0.29) is 18.2 Å². The van der Waals surface area contributed by atoms with E-state index in [9.17, 15) is 4.39 Å². The van der Waals surface area contributed by atoms with Crippen molar-refractivity contribution in [2.24, 2.45) is 5.41 Å². The maximum absolute atomic E-state index is 13.0. The Bertz CT molecular complexity index is 422. The van der Waals surface area contributed by atoms with Crippen LogP contribution in [0.15, 0.2) is 22.7 Å². The summed E-state index contributed by atoms with van der Waals surface area (Å²) in [4.78, 5) is 2.31. The first-order chi connectivity index (χ1) is 8.48. The van der Waals surface area contributed by atoms with Gasteiger partial charge in [0.25, 0.3) is 0 Å². The van der Waals surface area contributed by atoms with Crippen molar-refractivity contribution < 1.29 is 4.39 Å². The first-order valence-electron chi connectivity index (χ1n) is 6.32. The van der Waals surface area contributed by atoms with E-state index in [1.54, 1.807) is 0 Å². The van der Waals surface area contributed by atoms with Crippen LogP contribution in [-0.2, 0) is 6.54 Å². The Balaban J connectivity index is 0.00000180. The highest BCUT2D eigenvalue weighted by Gasteiger charge is 2.29. The number of rotatable bonds is 4. The highest BCUT2D eigenvalue weighted by molar-refractivity contribution is 9.10. The number of hydrogen-bond donors (Lipinski definition) is 1.